The molecule has 612 valence electrons. The van der Waals surface area contributed by atoms with Crippen LogP contribution in [0.4, 0.5) is 11.4 Å². The van der Waals surface area contributed by atoms with Crippen molar-refractivity contribution >= 4 is 98.9 Å². The molecule has 7 atom stereocenters. The number of fused-ring (bicyclic) bond motifs is 2. The summed E-state index contributed by atoms with van der Waals surface area (Å²) in [7, 11) is -35.3. The maximum absolute atomic E-state index is 12.8. The van der Waals surface area contributed by atoms with Crippen LogP contribution in [0.15, 0.2) is 104 Å². The number of benzene rings is 2. The van der Waals surface area contributed by atoms with Crippen molar-refractivity contribution in [3.63, 3.8) is 0 Å². The molecular weight excluding hydrogens is 1590 g/mol. The second kappa shape index (κ2) is 40.8. The van der Waals surface area contributed by atoms with E-state index in [1.54, 1.807) is 35.0 Å². The number of anilines is 1. The van der Waals surface area contributed by atoms with Crippen LogP contribution in [0.3, 0.4) is 0 Å². The lowest BCUT2D eigenvalue weighted by Gasteiger charge is -2.30. The standard InChI is InChI=1S/C62H91N6O34P3S4/c1-61(2)47-40-45(108(88,89)90)18-20-49(47)66(27-13-39-107(85,86)87)52(61)15-6-4-7-16-53-62(3,23-9-11-38-106(82,83)84)48-41-46(109(91,92)93)19-21-50(48)67(53)26-10-5-8-17-54(69)64-25-29-95-31-33-97-35-37-98-36-34-96-32-30-94-28-22-55(70)63-24-12-14-44-42-68(60(74)65-58(44)73)59-57(72)56(71)51(100-59)43-99-104(78,79)102-105(80,81)101-103(75,76)77/h4,6-7,12,14-16,18-21,40-42,51,56-57,59,71-72H,5,8-11,13,17,22-39,43H2,1-3H3,(H10-,63,64,65,69,70,73,74,75,76,77,78,79,80,81,82,83,84,85,86,87,88,89,90,91,92,93)/b14-12+/t51-,56-,57-,59-,62?/m1/s1. The molecule has 109 heavy (non-hydrogen) atoms. The molecule has 6 rings (SSSR count). The van der Waals surface area contributed by atoms with Crippen LogP contribution in [0.2, 0.25) is 0 Å². The van der Waals surface area contributed by atoms with Crippen molar-refractivity contribution in [3.8, 4) is 0 Å². The quantitative estimate of drug-likeness (QED) is 0.0127. The lowest BCUT2D eigenvalue weighted by Crippen LogP contribution is -2.38. The maximum Gasteiger partial charge on any atom is 0.490 e. The molecule has 1 aromatic heterocycles. The van der Waals surface area contributed by atoms with Gasteiger partial charge in [-0.2, -0.15) is 38.5 Å². The van der Waals surface area contributed by atoms with E-state index in [4.69, 9.17) is 38.2 Å². The molecule has 2 aromatic carbocycles. The summed E-state index contributed by atoms with van der Waals surface area (Å²) in [5.41, 5.74) is -0.637. The largest absolute Gasteiger partial charge is 0.744 e. The fourth-order valence-corrected chi connectivity index (χ4v) is 16.9. The monoisotopic (exact) mass is 1680 g/mol. The van der Waals surface area contributed by atoms with Crippen molar-refractivity contribution in [2.75, 3.05) is 115 Å². The van der Waals surface area contributed by atoms with Gasteiger partial charge >= 0.3 is 29.2 Å². The molecule has 3 aromatic rings. The third kappa shape index (κ3) is 29.6. The van der Waals surface area contributed by atoms with Crippen LogP contribution in [-0.4, -0.2) is 242 Å². The summed E-state index contributed by atoms with van der Waals surface area (Å²) in [4.78, 5) is 89.8. The second-order valence-electron chi connectivity index (χ2n) is 25.5. The first-order chi connectivity index (χ1) is 50.8. The number of unbranched alkanes of at least 4 members (excludes halogenated alkanes) is 3. The number of hydrogen-bond acceptors (Lipinski definition) is 28. The minimum absolute atomic E-state index is 0.00455. The van der Waals surface area contributed by atoms with Crippen LogP contribution in [0.1, 0.15) is 101 Å². The summed E-state index contributed by atoms with van der Waals surface area (Å²) in [6.45, 7) is 7.14. The van der Waals surface area contributed by atoms with Gasteiger partial charge in [0, 0.05) is 79.6 Å². The van der Waals surface area contributed by atoms with Gasteiger partial charge in [-0.1, -0.05) is 43.2 Å². The molecule has 0 saturated carbocycles. The number of H-pyrrole nitrogens is 1. The number of aliphatic hydroxyl groups excluding tert-OH is 2. The fraction of sp³-hybridized carbons (Fsp3) is 0.565. The average Bonchev–Trinajstić information content (AvgIpc) is 1.59. The Morgan fingerprint density at radius 2 is 1.28 bits per heavy atom. The summed E-state index contributed by atoms with van der Waals surface area (Å²) in [6.07, 6.45) is 7.20. The van der Waals surface area contributed by atoms with Crippen LogP contribution in [0, 0.1) is 0 Å². The van der Waals surface area contributed by atoms with Gasteiger partial charge in [-0.25, -0.2) is 26.9 Å². The number of carbonyl (C=O) groups excluding carboxylic acids is 2. The Morgan fingerprint density at radius 3 is 1.89 bits per heavy atom. The first kappa shape index (κ1) is 92.1. The number of ether oxygens (including phenoxy) is 6. The van der Waals surface area contributed by atoms with E-state index >= 15 is 0 Å². The fourth-order valence-electron chi connectivity index (χ4n) is 11.8. The third-order valence-corrected chi connectivity index (χ3v) is 24.1. The van der Waals surface area contributed by atoms with Crippen LogP contribution in [0.25, 0.3) is 6.08 Å². The SMILES string of the molecule is CC1(C)C(C=CC=CC=C2N(CCCCCC(=O)NCCOCCOCCOCCOCCOCCC(=O)NC/C=C/c3cn([C@@H]4O[C@H](COP(=O)(O)OP(=O)(O)OP(=O)(O)O)[C@@H](O)[C@H]4O)c(=O)[nH]c3=O)c3ccc(S(=O)(=O)[O-])cc3C2(C)CCCCS(=O)(=O)O)=[N+](CCCS(=O)(=O)O)c2ccc(S(=O)(=O)O)cc21. The van der Waals surface area contributed by atoms with Gasteiger partial charge in [0.2, 0.25) is 17.5 Å². The maximum atomic E-state index is 12.8. The van der Waals surface area contributed by atoms with Gasteiger partial charge in [0.1, 0.15) is 35.0 Å². The summed E-state index contributed by atoms with van der Waals surface area (Å²) in [5, 5.41) is 26.4. The molecule has 0 radical (unpaired) electrons. The lowest BCUT2D eigenvalue weighted by atomic mass is 9.77. The van der Waals surface area contributed by atoms with E-state index in [1.807, 2.05) is 30.7 Å². The zero-order valence-corrected chi connectivity index (χ0v) is 65.3. The van der Waals surface area contributed by atoms with Gasteiger partial charge in [-0.3, -0.25) is 42.1 Å². The van der Waals surface area contributed by atoms with Crippen molar-refractivity contribution in [3.05, 3.63) is 122 Å². The highest BCUT2D eigenvalue weighted by Crippen LogP contribution is 2.66. The number of amides is 2. The van der Waals surface area contributed by atoms with Crippen molar-refractivity contribution < 1.29 is 151 Å². The molecule has 40 nitrogen and oxygen atoms in total. The van der Waals surface area contributed by atoms with Crippen molar-refractivity contribution in [2.45, 2.75) is 124 Å². The Labute approximate surface area is 628 Å². The minimum atomic E-state index is -5.87. The first-order valence-electron chi connectivity index (χ1n) is 33.7. The Hall–Kier alpha value is -5.78. The van der Waals surface area contributed by atoms with Gasteiger partial charge in [0.25, 0.3) is 35.9 Å². The molecule has 3 unspecified atom stereocenters. The number of nitrogens with zero attached hydrogens (tertiary/aromatic N) is 3. The van der Waals surface area contributed by atoms with E-state index in [1.165, 1.54) is 48.6 Å². The number of aromatic nitrogens is 2. The zero-order chi connectivity index (χ0) is 80.8. The van der Waals surface area contributed by atoms with Crippen LogP contribution in [-0.2, 0) is 116 Å². The molecule has 1 fully saturated rings. The van der Waals surface area contributed by atoms with Gasteiger partial charge in [0.05, 0.1) is 105 Å². The molecule has 47 heteroatoms. The van der Waals surface area contributed by atoms with Crippen molar-refractivity contribution in [1.82, 2.24) is 20.2 Å². The number of aromatic amines is 1. The molecule has 3 aliphatic heterocycles. The number of rotatable bonds is 49. The normalized spacial score (nSPS) is 20.6. The van der Waals surface area contributed by atoms with E-state index in [-0.39, 0.29) is 141 Å². The van der Waals surface area contributed by atoms with Gasteiger partial charge in [-0.05, 0) is 88.4 Å². The smallest absolute Gasteiger partial charge is 0.490 e. The van der Waals surface area contributed by atoms with E-state index in [0.29, 0.717) is 64.3 Å². The predicted molar refractivity (Wildman–Crippen MR) is 385 cm³/mol. The van der Waals surface area contributed by atoms with Crippen molar-refractivity contribution in [1.29, 1.82) is 0 Å². The number of hydrogen-bond donors (Lipinski definition) is 12. The zero-order valence-electron chi connectivity index (χ0n) is 59.3. The predicted octanol–water partition coefficient (Wildman–Crippen LogP) is 2.12. The Balaban J connectivity index is 0.849. The average molecular weight is 1690 g/mol. The van der Waals surface area contributed by atoms with Crippen LogP contribution < -0.4 is 26.8 Å². The molecule has 3 aliphatic rings. The Morgan fingerprint density at radius 1 is 0.679 bits per heavy atom. The number of phosphoric acid groups is 3. The highest BCUT2D eigenvalue weighted by Gasteiger charge is 2.49. The number of allylic oxidation sites excluding steroid dienone is 6. The summed E-state index contributed by atoms with van der Waals surface area (Å²) < 4.78 is 219. The molecular formula is C62H91N6O34P3S4. The van der Waals surface area contributed by atoms with E-state index in [2.05, 4.69) is 23.8 Å². The molecule has 1 saturated heterocycles. The number of aliphatic hydroxyl groups is 2. The minimum Gasteiger partial charge on any atom is -0.744 e. The lowest BCUT2D eigenvalue weighted by molar-refractivity contribution is -0.437. The summed E-state index contributed by atoms with van der Waals surface area (Å²) >= 11 is 0. The van der Waals surface area contributed by atoms with Gasteiger partial charge in [0.15, 0.2) is 11.9 Å². The van der Waals surface area contributed by atoms with Crippen LogP contribution in [0.5, 0.6) is 0 Å². The highest BCUT2D eigenvalue weighted by atomic mass is 32.2. The van der Waals surface area contributed by atoms with E-state index in [0.717, 1.165) is 6.20 Å². The van der Waals surface area contributed by atoms with E-state index in [9.17, 15) is 105 Å². The molecule has 0 bridgehead atoms. The third-order valence-electron chi connectivity index (χ3n) is 17.0. The van der Waals surface area contributed by atoms with Gasteiger partial charge < -0.3 is 78.3 Å². The van der Waals surface area contributed by atoms with Gasteiger partial charge in [-0.15, -0.1) is 0 Å². The first-order valence-corrected chi connectivity index (χ1v) is 44.3. The molecule has 2 amide bonds. The molecule has 12 N–H and O–H groups in total. The van der Waals surface area contributed by atoms with Crippen molar-refractivity contribution in [2.24, 2.45) is 0 Å². The number of phosphoric ester groups is 1. The summed E-state index contributed by atoms with van der Waals surface area (Å²) in [6, 6.07) is 8.14. The number of carbonyl (C=O) groups is 2. The van der Waals surface area contributed by atoms with E-state index < -0.39 is 139 Å². The van der Waals surface area contributed by atoms with Crippen LogP contribution >= 0.6 is 23.5 Å². The summed E-state index contributed by atoms with van der Waals surface area (Å²) in [5.74, 6) is -1.69. The number of nitrogens with one attached hydrogen (secondary N) is 3. The topological polar surface area (TPSA) is 595 Å². The molecule has 4 heterocycles. The Bertz CT molecular complexity index is 4580. The Kier molecular flexibility index (Phi) is 34.5. The molecule has 0 aliphatic carbocycles. The second-order valence-corrected chi connectivity index (χ2v) is 35.8. The highest BCUT2D eigenvalue weighted by molar-refractivity contribution is 7.86. The molecule has 0 spiro atoms.